The predicted octanol–water partition coefficient (Wildman–Crippen LogP) is 5.84. The molecule has 2 N–H and O–H groups in total. The van der Waals surface area contributed by atoms with E-state index in [4.69, 9.17) is 24.1 Å². The fraction of sp³-hybridized carbons (Fsp3) is 0.500. The first-order valence-electron chi connectivity index (χ1n) is 13.7. The van der Waals surface area contributed by atoms with Gasteiger partial charge in [-0.1, -0.05) is 26.7 Å². The average molecular weight is 543 g/mol. The van der Waals surface area contributed by atoms with Crippen molar-refractivity contribution in [1.29, 1.82) is 0 Å². The maximum absolute atomic E-state index is 12.4. The summed E-state index contributed by atoms with van der Waals surface area (Å²) in [5, 5.41) is 18.1. The standard InChI is InChI=1S/C30H38O9/c1-3-5-9-29(39-26-14-12-22-24(31)16-18-37-30(22)23(26)7-4-2)38-25-13-11-21(36-17-6-8-27(32)33)19-20(25)10-15-28(34)35/h11-14,19,29H,3-10,15-18H2,1-2H3,(H,32,33)(H,34,35). The molecule has 9 heteroatoms. The van der Waals surface area contributed by atoms with Crippen LogP contribution in [0.4, 0.5) is 0 Å². The molecule has 1 unspecified atom stereocenters. The van der Waals surface area contributed by atoms with E-state index in [1.165, 1.54) is 0 Å². The van der Waals surface area contributed by atoms with Crippen LogP contribution >= 0.6 is 0 Å². The van der Waals surface area contributed by atoms with Gasteiger partial charge in [-0.2, -0.15) is 0 Å². The van der Waals surface area contributed by atoms with E-state index in [0.29, 0.717) is 66.4 Å². The maximum atomic E-state index is 12.4. The molecule has 0 aromatic heterocycles. The van der Waals surface area contributed by atoms with Gasteiger partial charge in [0.05, 0.1) is 18.8 Å². The van der Waals surface area contributed by atoms with Crippen molar-refractivity contribution in [2.45, 2.75) is 84.3 Å². The topological polar surface area (TPSA) is 129 Å². The number of Topliss-reactive ketones (excluding diaryl/α,β-unsaturated/α-hetero) is 1. The number of carboxylic acid groups (broad SMARTS) is 2. The number of carbonyl (C=O) groups is 3. The Kier molecular flexibility index (Phi) is 11.5. The highest BCUT2D eigenvalue weighted by molar-refractivity contribution is 6.00. The van der Waals surface area contributed by atoms with Gasteiger partial charge in [-0.3, -0.25) is 14.4 Å². The summed E-state index contributed by atoms with van der Waals surface area (Å²) >= 11 is 0. The molecule has 0 amide bonds. The van der Waals surface area contributed by atoms with Crippen LogP contribution in [0.3, 0.4) is 0 Å². The van der Waals surface area contributed by atoms with Gasteiger partial charge >= 0.3 is 11.9 Å². The van der Waals surface area contributed by atoms with E-state index in [9.17, 15) is 19.5 Å². The highest BCUT2D eigenvalue weighted by Crippen LogP contribution is 2.38. The van der Waals surface area contributed by atoms with E-state index < -0.39 is 18.2 Å². The second-order valence-corrected chi connectivity index (χ2v) is 9.51. The van der Waals surface area contributed by atoms with Gasteiger partial charge in [0.1, 0.15) is 23.0 Å². The molecular formula is C30H38O9. The zero-order chi connectivity index (χ0) is 28.2. The van der Waals surface area contributed by atoms with Crippen LogP contribution in [0.5, 0.6) is 23.0 Å². The van der Waals surface area contributed by atoms with E-state index in [1.54, 1.807) is 30.3 Å². The highest BCUT2D eigenvalue weighted by Gasteiger charge is 2.25. The van der Waals surface area contributed by atoms with Crippen LogP contribution in [0.2, 0.25) is 0 Å². The van der Waals surface area contributed by atoms with Gasteiger partial charge in [-0.05, 0) is 61.6 Å². The fourth-order valence-corrected chi connectivity index (χ4v) is 4.38. The summed E-state index contributed by atoms with van der Waals surface area (Å²) in [6, 6.07) is 8.73. The minimum absolute atomic E-state index is 0.00538. The van der Waals surface area contributed by atoms with Gasteiger partial charge in [0, 0.05) is 31.2 Å². The normalized spacial score (nSPS) is 13.2. The lowest BCUT2D eigenvalue weighted by molar-refractivity contribution is -0.138. The quantitative estimate of drug-likeness (QED) is 0.187. The molecule has 2 aromatic carbocycles. The molecule has 1 aliphatic heterocycles. The van der Waals surface area contributed by atoms with E-state index in [1.807, 2.05) is 0 Å². The second-order valence-electron chi connectivity index (χ2n) is 9.51. The molecule has 0 bridgehead atoms. The molecule has 0 aliphatic carbocycles. The molecule has 1 heterocycles. The zero-order valence-electron chi connectivity index (χ0n) is 22.7. The number of fused-ring (bicyclic) bond motifs is 1. The minimum atomic E-state index is -0.930. The third-order valence-corrected chi connectivity index (χ3v) is 6.35. The Morgan fingerprint density at radius 3 is 2.41 bits per heavy atom. The van der Waals surface area contributed by atoms with E-state index in [-0.39, 0.29) is 31.7 Å². The van der Waals surface area contributed by atoms with Crippen molar-refractivity contribution in [1.82, 2.24) is 0 Å². The number of hydrogen-bond acceptors (Lipinski definition) is 7. The number of unbranched alkanes of at least 4 members (excludes halogenated alkanes) is 1. The predicted molar refractivity (Wildman–Crippen MR) is 144 cm³/mol. The molecule has 0 saturated heterocycles. The summed E-state index contributed by atoms with van der Waals surface area (Å²) in [5.74, 6) is 0.454. The number of ketones is 1. The molecule has 0 fully saturated rings. The third kappa shape index (κ3) is 8.90. The van der Waals surface area contributed by atoms with E-state index >= 15 is 0 Å². The summed E-state index contributed by atoms with van der Waals surface area (Å²) in [4.78, 5) is 34.5. The Hall–Kier alpha value is -3.75. The Morgan fingerprint density at radius 1 is 0.949 bits per heavy atom. The number of hydrogen-bond donors (Lipinski definition) is 2. The lowest BCUT2D eigenvalue weighted by Crippen LogP contribution is -2.26. The van der Waals surface area contributed by atoms with Crippen LogP contribution in [-0.2, 0) is 22.4 Å². The molecule has 9 nitrogen and oxygen atoms in total. The third-order valence-electron chi connectivity index (χ3n) is 6.35. The second kappa shape index (κ2) is 15.0. The van der Waals surface area contributed by atoms with Crippen LogP contribution in [0.15, 0.2) is 30.3 Å². The number of ether oxygens (including phenoxy) is 4. The summed E-state index contributed by atoms with van der Waals surface area (Å²) < 4.78 is 24.3. The minimum Gasteiger partial charge on any atom is -0.494 e. The Balaban J connectivity index is 1.85. The van der Waals surface area contributed by atoms with Crippen LogP contribution < -0.4 is 18.9 Å². The summed E-state index contributed by atoms with van der Waals surface area (Å²) in [6.45, 7) is 4.71. The molecule has 1 atom stereocenters. The molecule has 212 valence electrons. The molecule has 39 heavy (non-hydrogen) atoms. The summed E-state index contributed by atoms with van der Waals surface area (Å²) in [5.41, 5.74) is 2.09. The van der Waals surface area contributed by atoms with Crippen molar-refractivity contribution in [2.75, 3.05) is 13.2 Å². The van der Waals surface area contributed by atoms with Crippen LogP contribution in [-0.4, -0.2) is 47.4 Å². The van der Waals surface area contributed by atoms with Crippen molar-refractivity contribution in [2.24, 2.45) is 0 Å². The average Bonchev–Trinajstić information content (AvgIpc) is 2.90. The van der Waals surface area contributed by atoms with Gasteiger partial charge in [-0.15, -0.1) is 0 Å². The van der Waals surface area contributed by atoms with Crippen LogP contribution in [0.25, 0.3) is 0 Å². The molecule has 3 rings (SSSR count). The van der Waals surface area contributed by atoms with Crippen LogP contribution in [0, 0.1) is 0 Å². The van der Waals surface area contributed by atoms with Crippen molar-refractivity contribution in [3.05, 3.63) is 47.0 Å². The van der Waals surface area contributed by atoms with Crippen molar-refractivity contribution in [3.63, 3.8) is 0 Å². The van der Waals surface area contributed by atoms with E-state index in [2.05, 4.69) is 13.8 Å². The zero-order valence-corrected chi connectivity index (χ0v) is 22.7. The number of aryl methyl sites for hydroxylation is 1. The fourth-order valence-electron chi connectivity index (χ4n) is 4.38. The Bertz CT molecular complexity index is 1140. The number of carboxylic acids is 2. The Labute approximate surface area is 229 Å². The first-order chi connectivity index (χ1) is 18.8. The highest BCUT2D eigenvalue weighted by atomic mass is 16.7. The number of rotatable bonds is 17. The molecule has 1 aliphatic rings. The molecule has 0 saturated carbocycles. The lowest BCUT2D eigenvalue weighted by Gasteiger charge is -2.26. The van der Waals surface area contributed by atoms with Gasteiger partial charge in [0.2, 0.25) is 6.29 Å². The van der Waals surface area contributed by atoms with Crippen LogP contribution in [0.1, 0.15) is 86.7 Å². The smallest absolute Gasteiger partial charge is 0.303 e. The van der Waals surface area contributed by atoms with Crippen molar-refractivity contribution in [3.8, 4) is 23.0 Å². The number of carbonyl (C=O) groups excluding carboxylic acids is 1. The largest absolute Gasteiger partial charge is 0.494 e. The van der Waals surface area contributed by atoms with Crippen molar-refractivity contribution >= 4 is 17.7 Å². The van der Waals surface area contributed by atoms with E-state index in [0.717, 1.165) is 24.8 Å². The van der Waals surface area contributed by atoms with Gasteiger partial charge in [0.15, 0.2) is 5.78 Å². The molecular weight excluding hydrogens is 504 g/mol. The maximum Gasteiger partial charge on any atom is 0.303 e. The lowest BCUT2D eigenvalue weighted by atomic mass is 9.98. The monoisotopic (exact) mass is 542 g/mol. The van der Waals surface area contributed by atoms with Gasteiger partial charge in [0.25, 0.3) is 0 Å². The van der Waals surface area contributed by atoms with Crippen molar-refractivity contribution < 1.29 is 43.5 Å². The van der Waals surface area contributed by atoms with Gasteiger partial charge < -0.3 is 29.2 Å². The first-order valence-corrected chi connectivity index (χ1v) is 13.7. The summed E-state index contributed by atoms with van der Waals surface area (Å²) in [6.07, 6.45) is 4.14. The SMILES string of the molecule is CCCCC(Oc1ccc(OCCCC(=O)O)cc1CCC(=O)O)Oc1ccc2c(c1CCC)OCCC2=O. The summed E-state index contributed by atoms with van der Waals surface area (Å²) in [7, 11) is 0. The molecule has 2 aromatic rings. The first kappa shape index (κ1) is 29.8. The Morgan fingerprint density at radius 2 is 1.69 bits per heavy atom. The molecule has 0 radical (unpaired) electrons. The number of aliphatic carboxylic acids is 2. The molecule has 0 spiro atoms. The number of benzene rings is 2. The van der Waals surface area contributed by atoms with Gasteiger partial charge in [-0.25, -0.2) is 0 Å².